The molecule has 2 aromatic carbocycles. The molecule has 3 heterocycles. The van der Waals surface area contributed by atoms with Gasteiger partial charge in [-0.15, -0.1) is 0 Å². The molecule has 5 N–H and O–H groups in total. The van der Waals surface area contributed by atoms with Gasteiger partial charge in [-0.25, -0.2) is 13.4 Å². The molecule has 48 heavy (non-hydrogen) atoms. The maximum Gasteiger partial charge on any atom is 0.248 e. The van der Waals surface area contributed by atoms with Crippen molar-refractivity contribution < 1.29 is 24.1 Å². The fourth-order valence-corrected chi connectivity index (χ4v) is 7.55. The summed E-state index contributed by atoms with van der Waals surface area (Å²) in [6.45, 7) is 8.77. The number of nitrogen functional groups attached to an aromatic ring is 1. The molecule has 5 rings (SSSR count). The van der Waals surface area contributed by atoms with Crippen molar-refractivity contribution in [3.05, 3.63) is 94.9 Å². The number of benzene rings is 2. The van der Waals surface area contributed by atoms with E-state index in [1.54, 1.807) is 37.7 Å². The highest BCUT2D eigenvalue weighted by atomic mass is 32.2. The lowest BCUT2D eigenvalue weighted by Crippen LogP contribution is -2.36. The van der Waals surface area contributed by atoms with Crippen LogP contribution in [0.4, 0.5) is 17.1 Å². The molecule has 2 atom stereocenters. The van der Waals surface area contributed by atoms with Crippen molar-refractivity contribution in [1.29, 1.82) is 0 Å². The number of nitrogens with zero attached hydrogens (tertiary/aromatic N) is 3. The van der Waals surface area contributed by atoms with Gasteiger partial charge in [0.1, 0.15) is 22.4 Å². The summed E-state index contributed by atoms with van der Waals surface area (Å²) in [5.74, 6) is 6.08. The summed E-state index contributed by atoms with van der Waals surface area (Å²) < 4.78 is 41.2. The predicted octanol–water partition coefficient (Wildman–Crippen LogP) is 5.59. The number of hydrazine groups is 1. The first-order valence-electron chi connectivity index (χ1n) is 15.9. The van der Waals surface area contributed by atoms with E-state index in [0.717, 1.165) is 33.5 Å². The monoisotopic (exact) mass is 675 g/mol. The van der Waals surface area contributed by atoms with E-state index in [1.807, 2.05) is 52.0 Å². The molecule has 1 aliphatic heterocycles. The molecule has 1 amide bonds. The molecule has 13 heteroatoms. The van der Waals surface area contributed by atoms with Gasteiger partial charge < -0.3 is 25.5 Å². The Morgan fingerprint density at radius 3 is 2.62 bits per heavy atom. The summed E-state index contributed by atoms with van der Waals surface area (Å²) in [5, 5.41) is 6.28. The Hall–Kier alpha value is -4.72. The number of nitrogens with two attached hydrogens (primary N) is 1. The largest absolute Gasteiger partial charge is 0.494 e. The van der Waals surface area contributed by atoms with E-state index < -0.39 is 15.9 Å². The highest BCUT2D eigenvalue weighted by molar-refractivity contribution is 7.89. The fourth-order valence-electron chi connectivity index (χ4n) is 6.02. The highest BCUT2D eigenvalue weighted by Gasteiger charge is 2.35. The number of pyridine rings is 2. The average Bonchev–Trinajstić information content (AvgIpc) is 3.19. The number of fused-ring (bicyclic) bond motifs is 1. The second-order valence-corrected chi connectivity index (χ2v) is 13.6. The number of sulfonamides is 1. The topological polar surface area (TPSA) is 161 Å². The first kappa shape index (κ1) is 34.6. The van der Waals surface area contributed by atoms with Crippen LogP contribution in [0.3, 0.4) is 0 Å². The molecule has 0 unspecified atom stereocenters. The van der Waals surface area contributed by atoms with Gasteiger partial charge in [0.05, 0.1) is 31.2 Å². The van der Waals surface area contributed by atoms with E-state index >= 15 is 0 Å². The summed E-state index contributed by atoms with van der Waals surface area (Å²) in [7, 11) is -2.33. The minimum atomic E-state index is -3.92. The Labute approximate surface area is 283 Å². The maximum absolute atomic E-state index is 13.9. The zero-order valence-electron chi connectivity index (χ0n) is 27.9. The quantitative estimate of drug-likeness (QED) is 0.110. The molecule has 0 spiro atoms. The Morgan fingerprint density at radius 2 is 1.94 bits per heavy atom. The third-order valence-electron chi connectivity index (χ3n) is 8.64. The number of methoxy groups -OCH3 is 1. The van der Waals surface area contributed by atoms with Crippen molar-refractivity contribution in [2.45, 2.75) is 64.0 Å². The lowest BCUT2D eigenvalue weighted by Gasteiger charge is -2.27. The van der Waals surface area contributed by atoms with Gasteiger partial charge in [-0.2, -0.15) is 4.31 Å². The Balaban J connectivity index is 0.00000541. The number of aromatic nitrogens is 2. The number of hydrogen-bond acceptors (Lipinski definition) is 10. The summed E-state index contributed by atoms with van der Waals surface area (Å²) in [5.41, 5.74) is 9.03. The highest BCUT2D eigenvalue weighted by Crippen LogP contribution is 2.43. The summed E-state index contributed by atoms with van der Waals surface area (Å²) in [4.78, 5) is 22.0. The average molecular weight is 676 g/mol. The van der Waals surface area contributed by atoms with E-state index in [1.165, 1.54) is 16.6 Å². The number of rotatable bonds is 12. The minimum absolute atomic E-state index is 0. The molecular formula is C35H45N7O5S. The van der Waals surface area contributed by atoms with E-state index in [9.17, 15) is 13.2 Å². The molecule has 0 radical (unpaired) electrons. The standard InChI is InChI=1S/C35H43N7O5S.H2/c1-6-27-21-42(48(44,45)31-11-9-15-39-35(31)47-27)20-25-16-24(13-12-22(25)3)29(18-32(43)40-26-10-8-14-37-19-26)28-17-30(46-5)34(38-7-2)33(41-36)23(28)4;/h8-17,19,27,29,38,41H,6-7,18,20-21,36H2,1-5H3,(H,40,43);1H/t27-,29+;/m1./s1. The van der Waals surface area contributed by atoms with Crippen LogP contribution in [0.5, 0.6) is 11.6 Å². The number of carbonyl (C=O) groups excluding carboxylic acids is 1. The van der Waals surface area contributed by atoms with Gasteiger partial charge in [-0.1, -0.05) is 25.1 Å². The van der Waals surface area contributed by atoms with Gasteiger partial charge in [0.15, 0.2) is 0 Å². The molecule has 0 saturated heterocycles. The van der Waals surface area contributed by atoms with E-state index in [4.69, 9.17) is 15.3 Å². The van der Waals surface area contributed by atoms with Gasteiger partial charge in [0.2, 0.25) is 21.8 Å². The normalized spacial score (nSPS) is 16.2. The van der Waals surface area contributed by atoms with Crippen molar-refractivity contribution in [2.24, 2.45) is 5.84 Å². The van der Waals surface area contributed by atoms with Crippen molar-refractivity contribution in [1.82, 2.24) is 14.3 Å². The number of nitrogens with one attached hydrogen (secondary N) is 3. The number of hydrogen-bond donors (Lipinski definition) is 4. The van der Waals surface area contributed by atoms with Gasteiger partial charge in [-0.05, 0) is 85.3 Å². The van der Waals surface area contributed by atoms with Crippen LogP contribution in [0, 0.1) is 13.8 Å². The zero-order valence-corrected chi connectivity index (χ0v) is 28.7. The molecule has 256 valence electrons. The van der Waals surface area contributed by atoms with Crippen LogP contribution in [-0.4, -0.2) is 54.9 Å². The van der Waals surface area contributed by atoms with Crippen LogP contribution in [0.1, 0.15) is 61.9 Å². The molecule has 1 aliphatic rings. The van der Waals surface area contributed by atoms with E-state index in [0.29, 0.717) is 30.1 Å². The smallest absolute Gasteiger partial charge is 0.248 e. The third kappa shape index (κ3) is 7.23. The number of aryl methyl sites for hydroxylation is 1. The molecule has 0 aliphatic carbocycles. The first-order valence-corrected chi connectivity index (χ1v) is 17.4. The van der Waals surface area contributed by atoms with Crippen molar-refractivity contribution in [2.75, 3.05) is 36.3 Å². The fraction of sp³-hybridized carbons (Fsp3) is 0.343. The van der Waals surface area contributed by atoms with Gasteiger partial charge >= 0.3 is 0 Å². The molecule has 4 aromatic rings. The molecule has 0 fully saturated rings. The summed E-state index contributed by atoms with van der Waals surface area (Å²) in [6.07, 6.45) is 5.09. The van der Waals surface area contributed by atoms with Gasteiger partial charge in [0, 0.05) is 39.2 Å². The van der Waals surface area contributed by atoms with Gasteiger partial charge in [-0.3, -0.25) is 15.6 Å². The molecule has 0 bridgehead atoms. The van der Waals surface area contributed by atoms with Crippen LogP contribution in [0.25, 0.3) is 0 Å². The molecule has 0 saturated carbocycles. The number of carbonyl (C=O) groups is 1. The summed E-state index contributed by atoms with van der Waals surface area (Å²) in [6, 6.07) is 14.5. The lowest BCUT2D eigenvalue weighted by molar-refractivity contribution is -0.116. The van der Waals surface area contributed by atoms with Crippen molar-refractivity contribution >= 4 is 33.0 Å². The Bertz CT molecular complexity index is 1880. The number of ether oxygens (including phenoxy) is 2. The van der Waals surface area contributed by atoms with Crippen LogP contribution >= 0.6 is 0 Å². The van der Waals surface area contributed by atoms with Crippen LogP contribution in [-0.2, 0) is 21.4 Å². The van der Waals surface area contributed by atoms with Gasteiger partial charge in [0.25, 0.3) is 0 Å². The third-order valence-corrected chi connectivity index (χ3v) is 10.5. The minimum Gasteiger partial charge on any atom is -0.494 e. The second-order valence-electron chi connectivity index (χ2n) is 11.7. The first-order chi connectivity index (χ1) is 23.1. The Morgan fingerprint density at radius 1 is 1.15 bits per heavy atom. The van der Waals surface area contributed by atoms with E-state index in [2.05, 4.69) is 26.0 Å². The lowest BCUT2D eigenvalue weighted by atomic mass is 9.83. The van der Waals surface area contributed by atoms with Crippen molar-refractivity contribution in [3.8, 4) is 11.6 Å². The molecule has 12 nitrogen and oxygen atoms in total. The number of amides is 1. The van der Waals surface area contributed by atoms with E-state index in [-0.39, 0.29) is 43.7 Å². The molecular weight excluding hydrogens is 630 g/mol. The summed E-state index contributed by atoms with van der Waals surface area (Å²) >= 11 is 0. The van der Waals surface area contributed by atoms with Crippen LogP contribution in [0.15, 0.2) is 72.0 Å². The zero-order chi connectivity index (χ0) is 34.4. The van der Waals surface area contributed by atoms with Crippen LogP contribution < -0.4 is 31.4 Å². The number of anilines is 3. The van der Waals surface area contributed by atoms with Crippen LogP contribution in [0.2, 0.25) is 0 Å². The SMILES string of the molecule is CCNc1c(OC)cc([C@@H](CC(=O)Nc2cccnc2)c2ccc(C)c(CN3C[C@@H](CC)Oc4ncccc4S3(=O)=O)c2)c(C)c1NN.[HH]. The molecule has 2 aromatic heterocycles. The Kier molecular flexibility index (Phi) is 10.8. The van der Waals surface area contributed by atoms with Crippen molar-refractivity contribution in [3.63, 3.8) is 0 Å². The maximum atomic E-state index is 13.9. The predicted molar refractivity (Wildman–Crippen MR) is 189 cm³/mol. The second kappa shape index (κ2) is 15.0.